The van der Waals surface area contributed by atoms with E-state index in [0.717, 1.165) is 24.1 Å². The summed E-state index contributed by atoms with van der Waals surface area (Å²) in [5, 5.41) is 16.6. The molecule has 1 heterocycles. The smallest absolute Gasteiger partial charge is 0.254 e. The highest BCUT2D eigenvalue weighted by molar-refractivity contribution is 5.95. The lowest BCUT2D eigenvalue weighted by Crippen LogP contribution is -2.38. The topological polar surface area (TPSA) is 67.2 Å². The summed E-state index contributed by atoms with van der Waals surface area (Å²) in [7, 11) is 0. The first-order valence-electron chi connectivity index (χ1n) is 8.57. The van der Waals surface area contributed by atoms with Crippen LogP contribution in [0.2, 0.25) is 0 Å². The molecule has 2 aromatic rings. The summed E-state index contributed by atoms with van der Waals surface area (Å²) in [6, 6.07) is 10.0. The molecule has 0 aliphatic carbocycles. The third kappa shape index (κ3) is 4.45. The molecule has 1 amide bonds. The molecule has 2 N–H and O–H groups in total. The molecule has 0 saturated heterocycles. The van der Waals surface area contributed by atoms with Crippen LogP contribution in [-0.4, -0.2) is 33.4 Å². The molecular weight excluding hydrogens is 302 g/mol. The predicted octanol–water partition coefficient (Wildman–Crippen LogP) is 2.63. The van der Waals surface area contributed by atoms with Crippen molar-refractivity contribution in [3.05, 3.63) is 53.3 Å². The number of benzene rings is 1. The second kappa shape index (κ2) is 8.64. The molecule has 1 aromatic carbocycles. The lowest BCUT2D eigenvalue weighted by molar-refractivity contribution is 0.0915. The van der Waals surface area contributed by atoms with Gasteiger partial charge in [-0.15, -0.1) is 0 Å². The number of hydrogen-bond acceptors (Lipinski definition) is 3. The molecule has 0 aliphatic heterocycles. The molecule has 5 nitrogen and oxygen atoms in total. The van der Waals surface area contributed by atoms with Crippen LogP contribution in [0.15, 0.2) is 36.5 Å². The average Bonchev–Trinajstić information content (AvgIpc) is 2.98. The van der Waals surface area contributed by atoms with Crippen molar-refractivity contribution < 1.29 is 9.90 Å². The Morgan fingerprint density at radius 1 is 1.29 bits per heavy atom. The molecular formula is C19H27N3O2. The summed E-state index contributed by atoms with van der Waals surface area (Å²) in [6.07, 6.45) is 3.41. The van der Waals surface area contributed by atoms with Gasteiger partial charge in [0.05, 0.1) is 24.0 Å². The molecule has 0 saturated carbocycles. The number of aliphatic hydroxyl groups excluding tert-OH is 1. The summed E-state index contributed by atoms with van der Waals surface area (Å²) >= 11 is 0. The van der Waals surface area contributed by atoms with Crippen LogP contribution in [0.25, 0.3) is 0 Å². The highest BCUT2D eigenvalue weighted by atomic mass is 16.3. The first-order valence-corrected chi connectivity index (χ1v) is 8.57. The van der Waals surface area contributed by atoms with E-state index in [-0.39, 0.29) is 24.5 Å². The van der Waals surface area contributed by atoms with Gasteiger partial charge >= 0.3 is 0 Å². The predicted molar refractivity (Wildman–Crippen MR) is 94.9 cm³/mol. The SMILES string of the molecule is CCCc1c(C(=O)NC(C)C(C)CO)cnn1Cc1ccccc1. The summed E-state index contributed by atoms with van der Waals surface area (Å²) in [5.74, 6) is -0.103. The average molecular weight is 329 g/mol. The highest BCUT2D eigenvalue weighted by Crippen LogP contribution is 2.14. The Morgan fingerprint density at radius 2 is 2.00 bits per heavy atom. The number of amides is 1. The highest BCUT2D eigenvalue weighted by Gasteiger charge is 2.20. The zero-order valence-electron chi connectivity index (χ0n) is 14.7. The van der Waals surface area contributed by atoms with Crippen LogP contribution in [0.1, 0.15) is 48.8 Å². The molecule has 2 atom stereocenters. The Bertz CT molecular complexity index is 652. The van der Waals surface area contributed by atoms with Gasteiger partial charge < -0.3 is 10.4 Å². The van der Waals surface area contributed by atoms with Crippen LogP contribution in [0, 0.1) is 5.92 Å². The molecule has 0 radical (unpaired) electrons. The van der Waals surface area contributed by atoms with Crippen LogP contribution < -0.4 is 5.32 Å². The number of carbonyl (C=O) groups is 1. The number of nitrogens with one attached hydrogen (secondary N) is 1. The Hall–Kier alpha value is -2.14. The second-order valence-corrected chi connectivity index (χ2v) is 6.32. The fourth-order valence-corrected chi connectivity index (χ4v) is 2.58. The summed E-state index contributed by atoms with van der Waals surface area (Å²) < 4.78 is 1.91. The maximum atomic E-state index is 12.6. The summed E-state index contributed by atoms with van der Waals surface area (Å²) in [6.45, 7) is 6.63. The molecule has 0 fully saturated rings. The van der Waals surface area contributed by atoms with E-state index in [2.05, 4.69) is 29.5 Å². The van der Waals surface area contributed by atoms with E-state index in [1.165, 1.54) is 0 Å². The van der Waals surface area contributed by atoms with E-state index in [1.807, 2.05) is 36.7 Å². The summed E-state index contributed by atoms with van der Waals surface area (Å²) in [5.41, 5.74) is 2.75. The Kier molecular flexibility index (Phi) is 6.55. The minimum absolute atomic E-state index is 0.0166. The van der Waals surface area contributed by atoms with Crippen LogP contribution in [0.5, 0.6) is 0 Å². The van der Waals surface area contributed by atoms with Crippen molar-refractivity contribution in [3.63, 3.8) is 0 Å². The van der Waals surface area contributed by atoms with E-state index < -0.39 is 0 Å². The van der Waals surface area contributed by atoms with Crippen LogP contribution >= 0.6 is 0 Å². The van der Waals surface area contributed by atoms with Crippen molar-refractivity contribution in [1.82, 2.24) is 15.1 Å². The summed E-state index contributed by atoms with van der Waals surface area (Å²) in [4.78, 5) is 12.6. The van der Waals surface area contributed by atoms with E-state index in [4.69, 9.17) is 0 Å². The Morgan fingerprint density at radius 3 is 2.62 bits per heavy atom. The van der Waals surface area contributed by atoms with Gasteiger partial charge in [0.15, 0.2) is 0 Å². The second-order valence-electron chi connectivity index (χ2n) is 6.32. The maximum absolute atomic E-state index is 12.6. The number of hydrogen-bond donors (Lipinski definition) is 2. The fraction of sp³-hybridized carbons (Fsp3) is 0.474. The normalized spacial score (nSPS) is 13.5. The number of aromatic nitrogens is 2. The van der Waals surface area contributed by atoms with E-state index in [0.29, 0.717) is 12.1 Å². The van der Waals surface area contributed by atoms with Gasteiger partial charge in [0, 0.05) is 12.6 Å². The van der Waals surface area contributed by atoms with Gasteiger partial charge in [0.1, 0.15) is 0 Å². The number of carbonyl (C=O) groups excluding carboxylic acids is 1. The molecule has 2 unspecified atom stereocenters. The van der Waals surface area contributed by atoms with E-state index in [1.54, 1.807) is 6.20 Å². The third-order valence-corrected chi connectivity index (χ3v) is 4.36. The fourth-order valence-electron chi connectivity index (χ4n) is 2.58. The Balaban J connectivity index is 2.19. The van der Waals surface area contributed by atoms with Crippen LogP contribution in [-0.2, 0) is 13.0 Å². The van der Waals surface area contributed by atoms with Gasteiger partial charge in [0.25, 0.3) is 5.91 Å². The first kappa shape index (κ1) is 18.2. The third-order valence-electron chi connectivity index (χ3n) is 4.36. The van der Waals surface area contributed by atoms with Gasteiger partial charge in [-0.3, -0.25) is 9.48 Å². The van der Waals surface area contributed by atoms with Gasteiger partial charge in [-0.1, -0.05) is 50.6 Å². The zero-order chi connectivity index (χ0) is 17.5. The van der Waals surface area contributed by atoms with Crippen LogP contribution in [0.3, 0.4) is 0 Å². The number of rotatable bonds is 8. The van der Waals surface area contributed by atoms with Crippen molar-refractivity contribution in [1.29, 1.82) is 0 Å². The zero-order valence-corrected chi connectivity index (χ0v) is 14.7. The molecule has 2 rings (SSSR count). The van der Waals surface area contributed by atoms with Gasteiger partial charge in [0.2, 0.25) is 0 Å². The minimum Gasteiger partial charge on any atom is -0.396 e. The Labute approximate surface area is 143 Å². The molecule has 130 valence electrons. The van der Waals surface area contributed by atoms with E-state index >= 15 is 0 Å². The first-order chi connectivity index (χ1) is 11.6. The largest absolute Gasteiger partial charge is 0.396 e. The quantitative estimate of drug-likeness (QED) is 0.782. The van der Waals surface area contributed by atoms with Crippen molar-refractivity contribution in [2.45, 2.75) is 46.2 Å². The van der Waals surface area contributed by atoms with Crippen molar-refractivity contribution in [2.75, 3.05) is 6.61 Å². The van der Waals surface area contributed by atoms with Crippen molar-refractivity contribution in [3.8, 4) is 0 Å². The molecule has 1 aromatic heterocycles. The van der Waals surface area contributed by atoms with Gasteiger partial charge in [-0.25, -0.2) is 0 Å². The molecule has 0 aliphatic rings. The lowest BCUT2D eigenvalue weighted by Gasteiger charge is -2.19. The lowest BCUT2D eigenvalue weighted by atomic mass is 10.0. The van der Waals surface area contributed by atoms with Crippen molar-refractivity contribution in [2.24, 2.45) is 5.92 Å². The van der Waals surface area contributed by atoms with Crippen molar-refractivity contribution >= 4 is 5.91 Å². The van der Waals surface area contributed by atoms with Gasteiger partial charge in [-0.2, -0.15) is 5.10 Å². The number of nitrogens with zero attached hydrogens (tertiary/aromatic N) is 2. The molecule has 5 heteroatoms. The maximum Gasteiger partial charge on any atom is 0.254 e. The van der Waals surface area contributed by atoms with E-state index in [9.17, 15) is 9.90 Å². The standard InChI is InChI=1S/C19H27N3O2/c1-4-8-18-17(19(24)21-15(3)14(2)13-23)11-20-22(18)12-16-9-6-5-7-10-16/h5-7,9-11,14-15,23H,4,8,12-13H2,1-3H3,(H,21,24). The van der Waals surface area contributed by atoms with Gasteiger partial charge in [-0.05, 0) is 24.8 Å². The molecule has 0 bridgehead atoms. The monoisotopic (exact) mass is 329 g/mol. The number of aliphatic hydroxyl groups is 1. The minimum atomic E-state index is -0.120. The van der Waals surface area contributed by atoms with Crippen LogP contribution in [0.4, 0.5) is 0 Å². The molecule has 0 spiro atoms. The molecule has 24 heavy (non-hydrogen) atoms.